The third-order valence-corrected chi connectivity index (χ3v) is 2.64. The molecule has 0 aromatic heterocycles. The first kappa shape index (κ1) is 9.53. The molecule has 68 valence electrons. The lowest BCUT2D eigenvalue weighted by Gasteiger charge is -2.12. The number of hydrogen-bond acceptors (Lipinski definition) is 1. The Bertz CT molecular complexity index is 191. The molecule has 0 heterocycles. The molecule has 0 radical (unpaired) electrons. The Morgan fingerprint density at radius 2 is 2.42 bits per heavy atom. The van der Waals surface area contributed by atoms with Crippen molar-refractivity contribution in [3.8, 4) is 0 Å². The van der Waals surface area contributed by atoms with Gasteiger partial charge in [0.25, 0.3) is 0 Å². The summed E-state index contributed by atoms with van der Waals surface area (Å²) in [6.45, 7) is 4.44. The predicted octanol–water partition coefficient (Wildman–Crippen LogP) is 2.53. The third kappa shape index (κ3) is 2.49. The van der Waals surface area contributed by atoms with Gasteiger partial charge in [0.2, 0.25) is 0 Å². The minimum atomic E-state index is 0.203. The molecule has 1 rings (SSSR count). The van der Waals surface area contributed by atoms with Crippen LogP contribution in [0.2, 0.25) is 0 Å². The van der Waals surface area contributed by atoms with Crippen LogP contribution in [0.4, 0.5) is 0 Å². The van der Waals surface area contributed by atoms with Gasteiger partial charge in [0.05, 0.1) is 6.61 Å². The number of rotatable bonds is 3. The van der Waals surface area contributed by atoms with Gasteiger partial charge in [-0.25, -0.2) is 0 Å². The van der Waals surface area contributed by atoms with Crippen LogP contribution in [0.1, 0.15) is 26.7 Å². The Balaban J connectivity index is 2.33. The Hall–Kier alpha value is -0.560. The summed E-state index contributed by atoms with van der Waals surface area (Å²) in [6.07, 6.45) is 9.02. The summed E-state index contributed by atoms with van der Waals surface area (Å²) >= 11 is 0. The second kappa shape index (κ2) is 4.46. The molecule has 2 atom stereocenters. The quantitative estimate of drug-likeness (QED) is 0.639. The molecule has 0 fully saturated rings. The third-order valence-electron chi connectivity index (χ3n) is 2.64. The number of aliphatic hydroxyl groups excluding tert-OH is 1. The fourth-order valence-electron chi connectivity index (χ4n) is 1.57. The van der Waals surface area contributed by atoms with Gasteiger partial charge in [0, 0.05) is 0 Å². The Labute approximate surface area is 74.8 Å². The van der Waals surface area contributed by atoms with Crippen molar-refractivity contribution < 1.29 is 5.11 Å². The topological polar surface area (TPSA) is 20.2 Å². The van der Waals surface area contributed by atoms with Gasteiger partial charge in [-0.05, 0) is 31.6 Å². The van der Waals surface area contributed by atoms with E-state index < -0.39 is 0 Å². The molecule has 1 nitrogen and oxygen atoms in total. The van der Waals surface area contributed by atoms with Gasteiger partial charge in [-0.2, -0.15) is 0 Å². The van der Waals surface area contributed by atoms with Crippen molar-refractivity contribution in [2.45, 2.75) is 26.7 Å². The molecule has 1 N–H and O–H groups in total. The van der Waals surface area contributed by atoms with Crippen LogP contribution in [0.15, 0.2) is 23.8 Å². The van der Waals surface area contributed by atoms with Gasteiger partial charge in [-0.1, -0.05) is 30.7 Å². The molecule has 0 aromatic carbocycles. The zero-order chi connectivity index (χ0) is 8.97. The second-order valence-corrected chi connectivity index (χ2v) is 3.73. The van der Waals surface area contributed by atoms with Crippen LogP contribution >= 0.6 is 0 Å². The average Bonchev–Trinajstić information content (AvgIpc) is 2.47. The van der Waals surface area contributed by atoms with Crippen molar-refractivity contribution in [2.24, 2.45) is 11.8 Å². The van der Waals surface area contributed by atoms with Gasteiger partial charge in [-0.15, -0.1) is 0 Å². The van der Waals surface area contributed by atoms with Crippen LogP contribution in [0.25, 0.3) is 0 Å². The molecule has 0 amide bonds. The molecular formula is C11H18O. The molecular weight excluding hydrogens is 148 g/mol. The van der Waals surface area contributed by atoms with Crippen molar-refractivity contribution in [2.75, 3.05) is 6.61 Å². The van der Waals surface area contributed by atoms with Crippen molar-refractivity contribution in [1.82, 2.24) is 0 Å². The van der Waals surface area contributed by atoms with Gasteiger partial charge < -0.3 is 5.11 Å². The maximum atomic E-state index is 8.79. The summed E-state index contributed by atoms with van der Waals surface area (Å²) in [5.41, 5.74) is 1.09. The van der Waals surface area contributed by atoms with Crippen molar-refractivity contribution in [3.05, 3.63) is 23.8 Å². The lowest BCUT2D eigenvalue weighted by molar-refractivity contribution is 0.330. The smallest absolute Gasteiger partial charge is 0.0639 e. The molecule has 0 bridgehead atoms. The van der Waals surface area contributed by atoms with Crippen molar-refractivity contribution in [3.63, 3.8) is 0 Å². The maximum absolute atomic E-state index is 8.79. The molecule has 0 saturated carbocycles. The van der Waals surface area contributed by atoms with Gasteiger partial charge >= 0.3 is 0 Å². The highest BCUT2D eigenvalue weighted by atomic mass is 16.3. The second-order valence-electron chi connectivity index (χ2n) is 3.73. The Morgan fingerprint density at radius 1 is 1.67 bits per heavy atom. The highest BCUT2D eigenvalue weighted by Gasteiger charge is 2.16. The monoisotopic (exact) mass is 166 g/mol. The number of aliphatic hydroxyl groups is 1. The Morgan fingerprint density at radius 3 is 2.92 bits per heavy atom. The summed E-state index contributed by atoms with van der Waals surface area (Å²) in [7, 11) is 0. The number of allylic oxidation sites excluding steroid dienone is 3. The highest BCUT2D eigenvalue weighted by molar-refractivity contribution is 5.04. The summed E-state index contributed by atoms with van der Waals surface area (Å²) in [5, 5.41) is 8.79. The van der Waals surface area contributed by atoms with E-state index in [0.717, 1.165) is 17.9 Å². The first-order chi connectivity index (χ1) is 5.74. The lowest BCUT2D eigenvalue weighted by Crippen LogP contribution is -2.02. The van der Waals surface area contributed by atoms with E-state index >= 15 is 0 Å². The highest BCUT2D eigenvalue weighted by Crippen LogP contribution is 2.28. The molecule has 1 heteroatoms. The maximum Gasteiger partial charge on any atom is 0.0639 e. The molecule has 1 aliphatic rings. The minimum absolute atomic E-state index is 0.203. The zero-order valence-corrected chi connectivity index (χ0v) is 7.96. The van der Waals surface area contributed by atoms with E-state index in [9.17, 15) is 0 Å². The van der Waals surface area contributed by atoms with Gasteiger partial charge in [-0.3, -0.25) is 0 Å². The van der Waals surface area contributed by atoms with Crippen LogP contribution < -0.4 is 0 Å². The molecule has 0 aliphatic heterocycles. The van der Waals surface area contributed by atoms with E-state index in [0.29, 0.717) is 5.92 Å². The molecule has 12 heavy (non-hydrogen) atoms. The van der Waals surface area contributed by atoms with Crippen LogP contribution in [-0.2, 0) is 0 Å². The van der Waals surface area contributed by atoms with E-state index in [1.54, 1.807) is 0 Å². The van der Waals surface area contributed by atoms with E-state index in [4.69, 9.17) is 5.11 Å². The van der Waals surface area contributed by atoms with E-state index in [2.05, 4.69) is 25.2 Å². The standard InChI is InChI=1S/C11H18O/c1-9(8-12)6-7-11-5-3-4-10(11)2/h3-4,6,10-12H,5,7-8H2,1-2H3/b9-6+. The number of hydrogen-bond donors (Lipinski definition) is 1. The van der Waals surface area contributed by atoms with Crippen molar-refractivity contribution >= 4 is 0 Å². The van der Waals surface area contributed by atoms with E-state index in [-0.39, 0.29) is 6.61 Å². The fourth-order valence-corrected chi connectivity index (χ4v) is 1.57. The minimum Gasteiger partial charge on any atom is -0.392 e. The van der Waals surface area contributed by atoms with Crippen molar-refractivity contribution in [1.29, 1.82) is 0 Å². The summed E-state index contributed by atoms with van der Waals surface area (Å²) in [4.78, 5) is 0. The van der Waals surface area contributed by atoms with Gasteiger partial charge in [0.15, 0.2) is 0 Å². The van der Waals surface area contributed by atoms with Gasteiger partial charge in [0.1, 0.15) is 0 Å². The van der Waals surface area contributed by atoms with E-state index in [1.807, 2.05) is 6.92 Å². The summed E-state index contributed by atoms with van der Waals surface area (Å²) in [6, 6.07) is 0. The summed E-state index contributed by atoms with van der Waals surface area (Å²) in [5.74, 6) is 1.49. The normalized spacial score (nSPS) is 29.8. The molecule has 0 saturated heterocycles. The van der Waals surface area contributed by atoms with Crippen LogP contribution in [0, 0.1) is 11.8 Å². The molecule has 1 aliphatic carbocycles. The van der Waals surface area contributed by atoms with Crippen LogP contribution in [0.5, 0.6) is 0 Å². The zero-order valence-electron chi connectivity index (χ0n) is 7.96. The van der Waals surface area contributed by atoms with Crippen LogP contribution in [0.3, 0.4) is 0 Å². The lowest BCUT2D eigenvalue weighted by atomic mass is 9.93. The average molecular weight is 166 g/mol. The fraction of sp³-hybridized carbons (Fsp3) is 0.636. The SMILES string of the molecule is C/C(=C\CC1CC=CC1C)CO. The Kier molecular flexibility index (Phi) is 3.54. The largest absolute Gasteiger partial charge is 0.392 e. The van der Waals surface area contributed by atoms with Crippen LogP contribution in [-0.4, -0.2) is 11.7 Å². The summed E-state index contributed by atoms with van der Waals surface area (Å²) < 4.78 is 0. The molecule has 2 unspecified atom stereocenters. The first-order valence-electron chi connectivity index (χ1n) is 4.67. The first-order valence-corrected chi connectivity index (χ1v) is 4.67. The molecule has 0 aromatic rings. The van der Waals surface area contributed by atoms with E-state index in [1.165, 1.54) is 6.42 Å². The molecule has 0 spiro atoms. The predicted molar refractivity (Wildman–Crippen MR) is 51.9 cm³/mol.